The largest absolute Gasteiger partial charge is 0.271 e. The molecule has 4 heteroatoms. The Labute approximate surface area is 112 Å². The van der Waals surface area contributed by atoms with Gasteiger partial charge in [-0.15, -0.1) is 0 Å². The molecular formula is C14H21FN2S. The Morgan fingerprint density at radius 1 is 1.28 bits per heavy atom. The molecule has 100 valence electrons. The van der Waals surface area contributed by atoms with Crippen molar-refractivity contribution in [1.82, 2.24) is 5.43 Å². The van der Waals surface area contributed by atoms with Crippen molar-refractivity contribution in [3.63, 3.8) is 0 Å². The lowest BCUT2D eigenvalue weighted by Crippen LogP contribution is -2.31. The minimum atomic E-state index is -0.176. The Morgan fingerprint density at radius 3 is 2.67 bits per heavy atom. The molecule has 2 rings (SSSR count). The summed E-state index contributed by atoms with van der Waals surface area (Å²) in [4.78, 5) is 0. The number of hydrazine groups is 1. The van der Waals surface area contributed by atoms with Crippen molar-refractivity contribution >= 4 is 11.8 Å². The quantitative estimate of drug-likeness (QED) is 0.635. The highest BCUT2D eigenvalue weighted by molar-refractivity contribution is 7.99. The van der Waals surface area contributed by atoms with E-state index >= 15 is 0 Å². The minimum Gasteiger partial charge on any atom is -0.271 e. The minimum absolute atomic E-state index is 0.0990. The summed E-state index contributed by atoms with van der Waals surface area (Å²) in [6.45, 7) is 0. The molecule has 1 aliphatic rings. The molecule has 0 radical (unpaired) electrons. The number of nitrogens with two attached hydrogens (primary N) is 1. The van der Waals surface area contributed by atoms with Gasteiger partial charge in [0.2, 0.25) is 0 Å². The first kappa shape index (κ1) is 13.8. The maximum atomic E-state index is 13.7. The molecule has 0 aromatic heterocycles. The third-order valence-corrected chi connectivity index (χ3v) is 5.00. The molecule has 1 saturated carbocycles. The summed E-state index contributed by atoms with van der Waals surface area (Å²) in [6.07, 6.45) is 6.61. The zero-order valence-corrected chi connectivity index (χ0v) is 11.4. The maximum Gasteiger partial charge on any atom is 0.128 e. The Balaban J connectivity index is 1.91. The molecule has 0 amide bonds. The van der Waals surface area contributed by atoms with E-state index in [-0.39, 0.29) is 11.9 Å². The molecule has 2 nitrogen and oxygen atoms in total. The molecule has 1 unspecified atom stereocenters. The van der Waals surface area contributed by atoms with Gasteiger partial charge in [-0.05, 0) is 18.9 Å². The van der Waals surface area contributed by atoms with Crippen LogP contribution in [0.5, 0.6) is 0 Å². The van der Waals surface area contributed by atoms with Gasteiger partial charge >= 0.3 is 0 Å². The van der Waals surface area contributed by atoms with Crippen molar-refractivity contribution in [2.75, 3.05) is 5.75 Å². The Bertz CT molecular complexity index is 367. The van der Waals surface area contributed by atoms with Crippen LogP contribution in [-0.4, -0.2) is 11.0 Å². The van der Waals surface area contributed by atoms with Gasteiger partial charge in [0, 0.05) is 16.6 Å². The van der Waals surface area contributed by atoms with Gasteiger partial charge in [-0.2, -0.15) is 11.8 Å². The molecule has 0 saturated heterocycles. The van der Waals surface area contributed by atoms with Crippen LogP contribution in [-0.2, 0) is 0 Å². The molecule has 3 N–H and O–H groups in total. The highest BCUT2D eigenvalue weighted by atomic mass is 32.2. The van der Waals surface area contributed by atoms with E-state index in [1.54, 1.807) is 12.1 Å². The third-order valence-electron chi connectivity index (χ3n) is 3.53. The second-order valence-electron chi connectivity index (χ2n) is 4.83. The van der Waals surface area contributed by atoms with Crippen LogP contribution in [0.3, 0.4) is 0 Å². The molecule has 0 spiro atoms. The lowest BCUT2D eigenvalue weighted by molar-refractivity contribution is 0.512. The topological polar surface area (TPSA) is 38.0 Å². The summed E-state index contributed by atoms with van der Waals surface area (Å²) in [5.41, 5.74) is 3.41. The fourth-order valence-electron chi connectivity index (χ4n) is 2.45. The zero-order valence-electron chi connectivity index (χ0n) is 10.6. The lowest BCUT2D eigenvalue weighted by atomic mass is 10.0. The Morgan fingerprint density at radius 2 is 2.00 bits per heavy atom. The number of benzene rings is 1. The molecule has 0 aliphatic heterocycles. The number of thioether (sulfide) groups is 1. The van der Waals surface area contributed by atoms with Crippen molar-refractivity contribution in [3.05, 3.63) is 35.6 Å². The first-order valence-electron chi connectivity index (χ1n) is 6.63. The highest BCUT2D eigenvalue weighted by Gasteiger charge is 2.18. The molecule has 1 atom stereocenters. The zero-order chi connectivity index (χ0) is 12.8. The average molecular weight is 268 g/mol. The highest BCUT2D eigenvalue weighted by Crippen LogP contribution is 2.31. The monoisotopic (exact) mass is 268 g/mol. The van der Waals surface area contributed by atoms with Gasteiger partial charge < -0.3 is 0 Å². The average Bonchev–Trinajstić information content (AvgIpc) is 2.42. The number of nitrogens with one attached hydrogen (secondary N) is 1. The predicted octanol–water partition coefficient (Wildman–Crippen LogP) is 3.40. The number of halogens is 1. The smallest absolute Gasteiger partial charge is 0.128 e. The van der Waals surface area contributed by atoms with Gasteiger partial charge in [-0.25, -0.2) is 4.39 Å². The van der Waals surface area contributed by atoms with E-state index in [1.165, 1.54) is 38.2 Å². The fourth-order valence-corrected chi connectivity index (χ4v) is 3.86. The summed E-state index contributed by atoms with van der Waals surface area (Å²) in [5, 5.41) is 0.723. The van der Waals surface area contributed by atoms with Crippen LogP contribution in [0.25, 0.3) is 0 Å². The summed E-state index contributed by atoms with van der Waals surface area (Å²) in [7, 11) is 0. The van der Waals surface area contributed by atoms with E-state index in [0.29, 0.717) is 5.56 Å². The number of hydrogen-bond donors (Lipinski definition) is 2. The summed E-state index contributed by atoms with van der Waals surface area (Å²) in [5.74, 6) is 6.22. The van der Waals surface area contributed by atoms with Gasteiger partial charge in [0.15, 0.2) is 0 Å². The molecular weight excluding hydrogens is 247 g/mol. The van der Waals surface area contributed by atoms with E-state index in [1.807, 2.05) is 17.8 Å². The van der Waals surface area contributed by atoms with Crippen molar-refractivity contribution < 1.29 is 4.39 Å². The molecule has 0 heterocycles. The Kier molecular flexibility index (Phi) is 5.47. The van der Waals surface area contributed by atoms with Crippen LogP contribution in [0, 0.1) is 5.82 Å². The third kappa shape index (κ3) is 3.70. The molecule has 0 bridgehead atoms. The lowest BCUT2D eigenvalue weighted by Gasteiger charge is -2.24. The van der Waals surface area contributed by atoms with E-state index < -0.39 is 0 Å². The summed E-state index contributed by atoms with van der Waals surface area (Å²) >= 11 is 1.92. The van der Waals surface area contributed by atoms with Crippen molar-refractivity contribution in [3.8, 4) is 0 Å². The van der Waals surface area contributed by atoms with Crippen LogP contribution in [0.1, 0.15) is 43.7 Å². The molecule has 18 heavy (non-hydrogen) atoms. The standard InChI is InChI=1S/C14H21FN2S/c15-13-9-5-4-8-12(13)14(17-16)10-18-11-6-2-1-3-7-11/h4-5,8-9,11,14,17H,1-3,6-7,10,16H2. The van der Waals surface area contributed by atoms with Gasteiger partial charge in [-0.3, -0.25) is 11.3 Å². The van der Waals surface area contributed by atoms with E-state index in [4.69, 9.17) is 5.84 Å². The van der Waals surface area contributed by atoms with Crippen molar-refractivity contribution in [2.24, 2.45) is 5.84 Å². The predicted molar refractivity (Wildman–Crippen MR) is 75.8 cm³/mol. The van der Waals surface area contributed by atoms with Crippen LogP contribution in [0.4, 0.5) is 4.39 Å². The van der Waals surface area contributed by atoms with E-state index in [9.17, 15) is 4.39 Å². The first-order valence-corrected chi connectivity index (χ1v) is 7.68. The van der Waals surface area contributed by atoms with Crippen molar-refractivity contribution in [2.45, 2.75) is 43.4 Å². The first-order chi connectivity index (χ1) is 8.81. The maximum absolute atomic E-state index is 13.7. The Hall–Kier alpha value is -0.580. The second kappa shape index (κ2) is 7.12. The van der Waals surface area contributed by atoms with Gasteiger partial charge in [0.1, 0.15) is 5.82 Å². The SMILES string of the molecule is NNC(CSC1CCCCC1)c1ccccc1F. The molecule has 1 aromatic carbocycles. The normalized spacial score (nSPS) is 18.8. The van der Waals surface area contributed by atoms with Gasteiger partial charge in [-0.1, -0.05) is 37.5 Å². The second-order valence-corrected chi connectivity index (χ2v) is 6.17. The molecule has 1 aromatic rings. The molecule has 1 fully saturated rings. The van der Waals surface area contributed by atoms with E-state index in [0.717, 1.165) is 11.0 Å². The van der Waals surface area contributed by atoms with Gasteiger partial charge in [0.05, 0.1) is 6.04 Å². The summed E-state index contributed by atoms with van der Waals surface area (Å²) in [6, 6.07) is 6.76. The van der Waals surface area contributed by atoms with Gasteiger partial charge in [0.25, 0.3) is 0 Å². The number of hydrogen-bond acceptors (Lipinski definition) is 3. The fraction of sp³-hybridized carbons (Fsp3) is 0.571. The number of rotatable bonds is 5. The van der Waals surface area contributed by atoms with Crippen LogP contribution < -0.4 is 11.3 Å². The van der Waals surface area contributed by atoms with Crippen LogP contribution >= 0.6 is 11.8 Å². The van der Waals surface area contributed by atoms with E-state index in [2.05, 4.69) is 5.43 Å². The van der Waals surface area contributed by atoms with Crippen LogP contribution in [0.2, 0.25) is 0 Å². The van der Waals surface area contributed by atoms with Crippen molar-refractivity contribution in [1.29, 1.82) is 0 Å². The molecule has 1 aliphatic carbocycles. The summed E-state index contributed by atoms with van der Waals surface area (Å²) < 4.78 is 13.7. The van der Waals surface area contributed by atoms with Crippen LogP contribution in [0.15, 0.2) is 24.3 Å².